The number of hydrogen-bond acceptors (Lipinski definition) is 9. The van der Waals surface area contributed by atoms with E-state index in [2.05, 4.69) is 25.8 Å². The van der Waals surface area contributed by atoms with Crippen molar-refractivity contribution in [3.63, 3.8) is 0 Å². The average Bonchev–Trinajstić information content (AvgIpc) is 3.33. The van der Waals surface area contributed by atoms with Gasteiger partial charge in [0.25, 0.3) is 0 Å². The number of ether oxygens (including phenoxy) is 2. The summed E-state index contributed by atoms with van der Waals surface area (Å²) in [5, 5.41) is 13.2. The predicted molar refractivity (Wildman–Crippen MR) is 147 cm³/mol. The normalized spacial score (nSPS) is 12.2. The van der Waals surface area contributed by atoms with E-state index in [-0.39, 0.29) is 12.1 Å². The predicted octanol–water partition coefficient (Wildman–Crippen LogP) is 4.32. The first kappa shape index (κ1) is 25.2. The minimum Gasteiger partial charge on any atom is -0.496 e. The highest BCUT2D eigenvalue weighted by atomic mass is 35.5. The number of aliphatic imine (C=N–C) groups is 1. The van der Waals surface area contributed by atoms with Gasteiger partial charge in [0.05, 0.1) is 37.7 Å². The lowest BCUT2D eigenvalue weighted by atomic mass is 9.94. The lowest BCUT2D eigenvalue weighted by Gasteiger charge is -2.15. The molecule has 0 saturated carbocycles. The maximum absolute atomic E-state index is 15.1. The summed E-state index contributed by atoms with van der Waals surface area (Å²) >= 11 is 6.38. The number of aromatic nitrogens is 6. The third kappa shape index (κ3) is 4.43. The fraction of sp³-hybridized carbons (Fsp3) is 0.111. The van der Waals surface area contributed by atoms with Crippen molar-refractivity contribution in [1.82, 2.24) is 30.2 Å². The van der Waals surface area contributed by atoms with Crippen LogP contribution in [0, 0.1) is 5.82 Å². The van der Waals surface area contributed by atoms with Crippen molar-refractivity contribution in [3.8, 4) is 28.4 Å². The van der Waals surface area contributed by atoms with E-state index in [0.29, 0.717) is 56.4 Å². The Morgan fingerprint density at radius 3 is 2.67 bits per heavy atom. The molecule has 3 heterocycles. The summed E-state index contributed by atoms with van der Waals surface area (Å²) in [4.78, 5) is 26.0. The lowest BCUT2D eigenvalue weighted by molar-refractivity contribution is 0.410. The number of anilines is 2. The van der Waals surface area contributed by atoms with Gasteiger partial charge in [-0.3, -0.25) is 4.99 Å². The van der Waals surface area contributed by atoms with Gasteiger partial charge in [-0.15, -0.1) is 0 Å². The van der Waals surface area contributed by atoms with Gasteiger partial charge in [0.1, 0.15) is 23.0 Å². The first-order valence-electron chi connectivity index (χ1n) is 12.0. The van der Waals surface area contributed by atoms with Crippen LogP contribution in [0.3, 0.4) is 0 Å². The molecule has 1 aliphatic rings. The van der Waals surface area contributed by atoms with Crippen LogP contribution in [0.5, 0.6) is 11.5 Å². The van der Waals surface area contributed by atoms with Gasteiger partial charge in [0.2, 0.25) is 5.95 Å². The van der Waals surface area contributed by atoms with Crippen LogP contribution in [0.4, 0.5) is 16.0 Å². The Hall–Kier alpha value is -5.10. The molecule has 0 unspecified atom stereocenters. The van der Waals surface area contributed by atoms with Crippen LogP contribution in [-0.2, 0) is 6.54 Å². The van der Waals surface area contributed by atoms with Gasteiger partial charge in [-0.2, -0.15) is 4.68 Å². The number of nitrogens with one attached hydrogen (secondary N) is 2. The third-order valence-electron chi connectivity index (χ3n) is 6.33. The number of aromatic amines is 1. The topological polar surface area (TPSA) is 132 Å². The van der Waals surface area contributed by atoms with E-state index in [1.54, 1.807) is 48.7 Å². The van der Waals surface area contributed by atoms with E-state index < -0.39 is 11.5 Å². The van der Waals surface area contributed by atoms with Gasteiger partial charge in [-0.25, -0.2) is 24.3 Å². The number of methoxy groups -OCH3 is 2. The van der Waals surface area contributed by atoms with Gasteiger partial charge in [-0.1, -0.05) is 23.7 Å². The molecular formula is C27H20ClFN8O3. The van der Waals surface area contributed by atoms with Crippen molar-refractivity contribution in [3.05, 3.63) is 98.8 Å². The second kappa shape index (κ2) is 10.2. The highest BCUT2D eigenvalue weighted by molar-refractivity contribution is 6.31. The molecule has 0 spiro atoms. The van der Waals surface area contributed by atoms with Crippen LogP contribution in [-0.4, -0.2) is 50.1 Å². The third-order valence-corrected chi connectivity index (χ3v) is 6.57. The smallest absolute Gasteiger partial charge is 0.365 e. The molecule has 0 saturated heterocycles. The van der Waals surface area contributed by atoms with Crippen LogP contribution >= 0.6 is 11.6 Å². The van der Waals surface area contributed by atoms with Crippen molar-refractivity contribution in [2.24, 2.45) is 4.99 Å². The first-order valence-corrected chi connectivity index (χ1v) is 12.3. The zero-order valence-electron chi connectivity index (χ0n) is 21.1. The monoisotopic (exact) mass is 558 g/mol. The Bertz CT molecular complexity index is 1850. The Balaban J connectivity index is 1.41. The molecule has 0 bridgehead atoms. The highest BCUT2D eigenvalue weighted by Gasteiger charge is 2.25. The molecule has 2 N–H and O–H groups in total. The number of hydrogen-bond donors (Lipinski definition) is 2. The van der Waals surface area contributed by atoms with E-state index in [9.17, 15) is 4.79 Å². The fourth-order valence-corrected chi connectivity index (χ4v) is 4.69. The largest absolute Gasteiger partial charge is 0.496 e. The highest BCUT2D eigenvalue weighted by Crippen LogP contribution is 2.36. The number of nitrogens with zero attached hydrogens (tertiary/aromatic N) is 6. The molecule has 0 aliphatic carbocycles. The van der Waals surface area contributed by atoms with Gasteiger partial charge in [-0.05, 0) is 46.8 Å². The molecule has 11 nitrogen and oxygen atoms in total. The molecule has 0 radical (unpaired) electrons. The van der Waals surface area contributed by atoms with E-state index in [0.717, 1.165) is 10.2 Å². The summed E-state index contributed by atoms with van der Waals surface area (Å²) in [6.45, 7) is 0.212. The zero-order valence-corrected chi connectivity index (χ0v) is 21.9. The molecule has 1 aliphatic heterocycles. The maximum Gasteiger partial charge on any atom is 0.365 e. The molecule has 0 amide bonds. The summed E-state index contributed by atoms with van der Waals surface area (Å²) in [7, 11) is 2.97. The number of halogens is 2. The number of benzene rings is 3. The summed E-state index contributed by atoms with van der Waals surface area (Å²) in [6.07, 6.45) is 1.68. The Kier molecular flexibility index (Phi) is 6.44. The SMILES string of the molecule is COc1cc(Nc2ncc3c(n2)-c2ccc(Cl)cc2C(c2c(F)cccc2OC)=NC3)ccc1-n1nn[nH]c1=O. The molecule has 6 rings (SSSR count). The number of fused-ring (bicyclic) bond motifs is 3. The number of tetrazole rings is 1. The second-order valence-electron chi connectivity index (χ2n) is 8.67. The van der Waals surface area contributed by atoms with Crippen molar-refractivity contribution >= 4 is 28.9 Å². The summed E-state index contributed by atoms with van der Waals surface area (Å²) < 4.78 is 27.1. The molecule has 0 atom stereocenters. The van der Waals surface area contributed by atoms with Gasteiger partial charge >= 0.3 is 5.69 Å². The molecule has 13 heteroatoms. The maximum atomic E-state index is 15.1. The van der Waals surface area contributed by atoms with Gasteiger partial charge in [0.15, 0.2) is 0 Å². The Morgan fingerprint density at radius 1 is 1.05 bits per heavy atom. The Labute approximate surface area is 231 Å². The zero-order chi connectivity index (χ0) is 27.8. The van der Waals surface area contributed by atoms with Crippen molar-refractivity contribution < 1.29 is 13.9 Å². The molecule has 2 aromatic heterocycles. The molecular weight excluding hydrogens is 539 g/mol. The molecule has 40 heavy (non-hydrogen) atoms. The Morgan fingerprint density at radius 2 is 1.90 bits per heavy atom. The molecule has 200 valence electrons. The molecule has 5 aromatic rings. The van der Waals surface area contributed by atoms with Crippen LogP contribution in [0.25, 0.3) is 16.9 Å². The fourth-order valence-electron chi connectivity index (χ4n) is 4.52. The second-order valence-corrected chi connectivity index (χ2v) is 9.11. The minimum atomic E-state index is -0.499. The van der Waals surface area contributed by atoms with Gasteiger partial charge in [0, 0.05) is 39.7 Å². The minimum absolute atomic E-state index is 0.212. The van der Waals surface area contributed by atoms with Crippen LogP contribution in [0.2, 0.25) is 5.02 Å². The summed E-state index contributed by atoms with van der Waals surface area (Å²) in [6, 6.07) is 15.0. The lowest BCUT2D eigenvalue weighted by Crippen LogP contribution is -2.16. The van der Waals surface area contributed by atoms with E-state index >= 15 is 4.39 Å². The van der Waals surface area contributed by atoms with Crippen molar-refractivity contribution in [1.29, 1.82) is 0 Å². The van der Waals surface area contributed by atoms with E-state index in [4.69, 9.17) is 31.1 Å². The molecule has 3 aromatic carbocycles. The van der Waals surface area contributed by atoms with Crippen molar-refractivity contribution in [2.75, 3.05) is 19.5 Å². The van der Waals surface area contributed by atoms with Crippen LogP contribution in [0.1, 0.15) is 16.7 Å². The van der Waals surface area contributed by atoms with E-state index in [1.807, 2.05) is 6.07 Å². The summed E-state index contributed by atoms with van der Waals surface area (Å²) in [5.41, 5.74) is 3.86. The standard InChI is InChI=1S/C27H20ClFN8O3/c1-39-21-5-3-4-19(29)23(21)25-18-10-15(28)6-8-17(18)24-14(12-30-25)13-31-26(33-24)32-16-7-9-20(22(11-16)40-2)37-27(38)34-35-36-37/h3-11,13H,12H2,1-2H3,(H,31,32,33)(H,34,36,38). The summed E-state index contributed by atoms with van der Waals surface area (Å²) in [5.74, 6) is 0.579. The van der Waals surface area contributed by atoms with Crippen LogP contribution in [0.15, 0.2) is 70.6 Å². The van der Waals surface area contributed by atoms with Crippen LogP contribution < -0.4 is 20.5 Å². The first-order chi connectivity index (χ1) is 19.5. The number of H-pyrrole nitrogens is 1. The van der Waals surface area contributed by atoms with Gasteiger partial charge < -0.3 is 14.8 Å². The van der Waals surface area contributed by atoms with Crippen molar-refractivity contribution in [2.45, 2.75) is 6.54 Å². The average molecular weight is 559 g/mol. The number of rotatable bonds is 6. The molecule has 0 fully saturated rings. The quantitative estimate of drug-likeness (QED) is 0.315. The van der Waals surface area contributed by atoms with E-state index in [1.165, 1.54) is 20.3 Å².